The Balaban J connectivity index is 2.56. The van der Waals surface area contributed by atoms with Crippen LogP contribution in [0, 0.1) is 0 Å². The first-order chi connectivity index (χ1) is 4.41. The van der Waals surface area contributed by atoms with Crippen LogP contribution in [0.15, 0.2) is 0 Å². The largest absolute Gasteiger partial charge is 0.375 e. The van der Waals surface area contributed by atoms with Gasteiger partial charge in [-0.25, -0.2) is 0 Å². The van der Waals surface area contributed by atoms with Crippen LogP contribution in [0.3, 0.4) is 0 Å². The zero-order valence-corrected chi connectivity index (χ0v) is 9.07. The van der Waals surface area contributed by atoms with Gasteiger partial charge in [-0.2, -0.15) is 0 Å². The van der Waals surface area contributed by atoms with E-state index in [1.54, 1.807) is 0 Å². The lowest BCUT2D eigenvalue weighted by atomic mass is 9.90. The van der Waals surface area contributed by atoms with Crippen LogP contribution in [0.5, 0.6) is 0 Å². The zero-order chi connectivity index (χ0) is 7.83. The third-order valence-corrected chi connectivity index (χ3v) is 2.83. The second kappa shape index (κ2) is 2.63. The molecule has 2 heteroatoms. The SMILES string of the molecule is CC1(I)CCOC(C)(C)C1. The van der Waals surface area contributed by atoms with Gasteiger partial charge in [0.05, 0.1) is 5.60 Å². The minimum atomic E-state index is 0.105. The molecule has 0 aromatic carbocycles. The van der Waals surface area contributed by atoms with Gasteiger partial charge in [-0.1, -0.05) is 29.5 Å². The smallest absolute Gasteiger partial charge is 0.0639 e. The molecule has 10 heavy (non-hydrogen) atoms. The molecule has 1 heterocycles. The fourth-order valence-electron chi connectivity index (χ4n) is 1.57. The van der Waals surface area contributed by atoms with Crippen LogP contribution in [-0.4, -0.2) is 15.6 Å². The highest BCUT2D eigenvalue weighted by atomic mass is 127. The molecule has 1 unspecified atom stereocenters. The molecule has 0 aromatic rings. The Morgan fingerprint density at radius 3 is 2.20 bits per heavy atom. The lowest BCUT2D eigenvalue weighted by molar-refractivity contribution is -0.0590. The number of halogens is 1. The molecule has 0 aromatic heterocycles. The maximum Gasteiger partial charge on any atom is 0.0639 e. The van der Waals surface area contributed by atoms with Crippen LogP contribution in [0.25, 0.3) is 0 Å². The Labute approximate surface area is 76.7 Å². The van der Waals surface area contributed by atoms with Crippen molar-refractivity contribution in [3.63, 3.8) is 0 Å². The van der Waals surface area contributed by atoms with Gasteiger partial charge in [-0.05, 0) is 26.7 Å². The molecule has 0 aliphatic carbocycles. The average molecular weight is 254 g/mol. The molecule has 1 aliphatic heterocycles. The van der Waals surface area contributed by atoms with E-state index in [1.165, 1.54) is 12.8 Å². The van der Waals surface area contributed by atoms with E-state index in [2.05, 4.69) is 43.4 Å². The van der Waals surface area contributed by atoms with Crippen LogP contribution in [0.1, 0.15) is 33.6 Å². The number of hydrogen-bond donors (Lipinski definition) is 0. The van der Waals surface area contributed by atoms with Gasteiger partial charge in [-0.15, -0.1) is 0 Å². The average Bonchev–Trinajstić information content (AvgIpc) is 1.56. The summed E-state index contributed by atoms with van der Waals surface area (Å²) < 4.78 is 6.05. The highest BCUT2D eigenvalue weighted by Gasteiger charge is 2.34. The van der Waals surface area contributed by atoms with Gasteiger partial charge in [-0.3, -0.25) is 0 Å². The topological polar surface area (TPSA) is 9.23 Å². The van der Waals surface area contributed by atoms with Gasteiger partial charge in [0, 0.05) is 10.0 Å². The number of hydrogen-bond acceptors (Lipinski definition) is 1. The van der Waals surface area contributed by atoms with Gasteiger partial charge < -0.3 is 4.74 Å². The molecule has 0 amide bonds. The van der Waals surface area contributed by atoms with Crippen LogP contribution < -0.4 is 0 Å². The zero-order valence-electron chi connectivity index (χ0n) is 6.91. The molecule has 1 saturated heterocycles. The normalized spacial score (nSPS) is 39.6. The minimum absolute atomic E-state index is 0.105. The van der Waals surface area contributed by atoms with Crippen molar-refractivity contribution in [3.05, 3.63) is 0 Å². The summed E-state index contributed by atoms with van der Waals surface area (Å²) in [7, 11) is 0. The molecule has 0 bridgehead atoms. The quantitative estimate of drug-likeness (QED) is 0.477. The minimum Gasteiger partial charge on any atom is -0.375 e. The molecule has 1 aliphatic rings. The molecular formula is C8H15IO. The fraction of sp³-hybridized carbons (Fsp3) is 1.00. The summed E-state index contributed by atoms with van der Waals surface area (Å²) in [6.45, 7) is 7.57. The van der Waals surface area contributed by atoms with Crippen LogP contribution in [-0.2, 0) is 4.74 Å². The van der Waals surface area contributed by atoms with E-state index in [0.717, 1.165) is 6.61 Å². The van der Waals surface area contributed by atoms with E-state index in [-0.39, 0.29) is 5.60 Å². The van der Waals surface area contributed by atoms with E-state index < -0.39 is 0 Å². The first kappa shape index (κ1) is 8.78. The van der Waals surface area contributed by atoms with E-state index in [0.29, 0.717) is 3.42 Å². The Morgan fingerprint density at radius 2 is 1.90 bits per heavy atom. The van der Waals surface area contributed by atoms with E-state index in [9.17, 15) is 0 Å². The molecule has 1 nitrogen and oxygen atoms in total. The molecule has 1 rings (SSSR count). The van der Waals surface area contributed by atoms with Crippen molar-refractivity contribution in [2.24, 2.45) is 0 Å². The molecule has 0 radical (unpaired) electrons. The molecular weight excluding hydrogens is 239 g/mol. The Hall–Kier alpha value is 0.690. The van der Waals surface area contributed by atoms with Gasteiger partial charge in [0.25, 0.3) is 0 Å². The maximum atomic E-state index is 5.60. The van der Waals surface area contributed by atoms with Crippen LogP contribution in [0.4, 0.5) is 0 Å². The summed E-state index contributed by atoms with van der Waals surface area (Å²) in [4.78, 5) is 0. The van der Waals surface area contributed by atoms with Crippen LogP contribution in [0.2, 0.25) is 0 Å². The van der Waals surface area contributed by atoms with Crippen molar-refractivity contribution in [2.45, 2.75) is 42.6 Å². The summed E-state index contributed by atoms with van der Waals surface area (Å²) in [6.07, 6.45) is 2.36. The molecule has 0 spiro atoms. The maximum absolute atomic E-state index is 5.60. The van der Waals surface area contributed by atoms with Crippen molar-refractivity contribution in [2.75, 3.05) is 6.61 Å². The van der Waals surface area contributed by atoms with Crippen molar-refractivity contribution in [1.82, 2.24) is 0 Å². The highest BCUT2D eigenvalue weighted by Crippen LogP contribution is 2.37. The predicted molar refractivity (Wildman–Crippen MR) is 51.7 cm³/mol. The first-order valence-corrected chi connectivity index (χ1v) is 4.82. The summed E-state index contributed by atoms with van der Waals surface area (Å²) >= 11 is 2.54. The highest BCUT2D eigenvalue weighted by molar-refractivity contribution is 14.1. The lowest BCUT2D eigenvalue weighted by Crippen LogP contribution is -2.40. The van der Waals surface area contributed by atoms with Crippen molar-refractivity contribution >= 4 is 22.6 Å². The second-order valence-electron chi connectivity index (χ2n) is 3.95. The third kappa shape index (κ3) is 2.38. The summed E-state index contributed by atoms with van der Waals surface area (Å²) in [5.41, 5.74) is 0.105. The van der Waals surface area contributed by atoms with E-state index in [4.69, 9.17) is 4.74 Å². The predicted octanol–water partition coefficient (Wildman–Crippen LogP) is 2.77. The number of alkyl halides is 1. The van der Waals surface area contributed by atoms with Crippen molar-refractivity contribution < 1.29 is 4.74 Å². The van der Waals surface area contributed by atoms with Gasteiger partial charge in [0.15, 0.2) is 0 Å². The first-order valence-electron chi connectivity index (χ1n) is 3.74. The summed E-state index contributed by atoms with van der Waals surface area (Å²) in [5.74, 6) is 0. The van der Waals surface area contributed by atoms with E-state index >= 15 is 0 Å². The second-order valence-corrected chi connectivity index (χ2v) is 6.55. The van der Waals surface area contributed by atoms with Crippen molar-refractivity contribution in [1.29, 1.82) is 0 Å². The molecule has 0 saturated carbocycles. The Kier molecular flexibility index (Phi) is 2.31. The molecule has 0 N–H and O–H groups in total. The number of ether oxygens (including phenoxy) is 1. The van der Waals surface area contributed by atoms with E-state index in [1.807, 2.05) is 0 Å². The summed E-state index contributed by atoms with van der Waals surface area (Å²) in [6, 6.07) is 0. The van der Waals surface area contributed by atoms with Crippen molar-refractivity contribution in [3.8, 4) is 0 Å². The Morgan fingerprint density at radius 1 is 1.30 bits per heavy atom. The summed E-state index contributed by atoms with van der Waals surface area (Å²) in [5, 5.41) is 0. The Bertz CT molecular complexity index is 115. The molecule has 1 atom stereocenters. The van der Waals surface area contributed by atoms with Crippen LogP contribution >= 0.6 is 22.6 Å². The standard InChI is InChI=1S/C8H15IO/c1-7(2)6-8(3,9)4-5-10-7/h4-6H2,1-3H3. The van der Waals surface area contributed by atoms with Gasteiger partial charge >= 0.3 is 0 Å². The molecule has 1 fully saturated rings. The third-order valence-electron chi connectivity index (χ3n) is 1.91. The van der Waals surface area contributed by atoms with Gasteiger partial charge in [0.1, 0.15) is 0 Å². The molecule has 60 valence electrons. The van der Waals surface area contributed by atoms with Gasteiger partial charge in [0.2, 0.25) is 0 Å². The number of rotatable bonds is 0. The fourth-order valence-corrected chi connectivity index (χ4v) is 2.71. The lowest BCUT2D eigenvalue weighted by Gasteiger charge is -2.39. The monoisotopic (exact) mass is 254 g/mol.